The van der Waals surface area contributed by atoms with Crippen LogP contribution in [-0.4, -0.2) is 42.7 Å². The van der Waals surface area contributed by atoms with Gasteiger partial charge in [0.05, 0.1) is 0 Å². The van der Waals surface area contributed by atoms with E-state index in [0.29, 0.717) is 5.75 Å². The summed E-state index contributed by atoms with van der Waals surface area (Å²) in [7, 11) is 8.90. The molecule has 189 valence electrons. The van der Waals surface area contributed by atoms with Crippen molar-refractivity contribution in [3.05, 3.63) is 60.4 Å². The van der Waals surface area contributed by atoms with Gasteiger partial charge < -0.3 is 0 Å². The van der Waals surface area contributed by atoms with Crippen molar-refractivity contribution in [1.29, 1.82) is 0 Å². The van der Waals surface area contributed by atoms with E-state index in [1.165, 1.54) is 44.6 Å². The van der Waals surface area contributed by atoms with Crippen molar-refractivity contribution in [2.24, 2.45) is 0 Å². The van der Waals surface area contributed by atoms with Crippen molar-refractivity contribution < 1.29 is 0 Å². The van der Waals surface area contributed by atoms with Crippen LogP contribution >= 0.6 is 63.1 Å². The molecule has 0 saturated carbocycles. The Bertz CT molecular complexity index is 1170. The third-order valence-corrected chi connectivity index (χ3v) is 10.5. The quantitative estimate of drug-likeness (QED) is 0.0940. The van der Waals surface area contributed by atoms with Gasteiger partial charge in [0.1, 0.15) is 0 Å². The van der Waals surface area contributed by atoms with Crippen LogP contribution in [-0.2, 0) is 0 Å². The monoisotopic (exact) mass is 560 g/mol. The predicted molar refractivity (Wildman–Crippen MR) is 175 cm³/mol. The van der Waals surface area contributed by atoms with E-state index in [2.05, 4.69) is 111 Å². The average molecular weight is 561 g/mol. The molecule has 35 heavy (non-hydrogen) atoms. The van der Waals surface area contributed by atoms with Gasteiger partial charge in [0, 0.05) is 0 Å². The second kappa shape index (κ2) is 12.6. The van der Waals surface area contributed by atoms with Crippen molar-refractivity contribution >= 4 is 81.7 Å². The first kappa shape index (κ1) is 31.0. The van der Waals surface area contributed by atoms with Crippen LogP contribution in [0, 0.1) is 13.8 Å². The predicted octanol–water partition coefficient (Wildman–Crippen LogP) is 7.76. The molecule has 3 unspecified atom stereocenters. The normalized spacial score (nSPS) is 22.7. The summed E-state index contributed by atoms with van der Waals surface area (Å²) in [4.78, 5) is 5.99. The summed E-state index contributed by atoms with van der Waals surface area (Å²) in [6, 6.07) is 2.49. The first-order valence-electron chi connectivity index (χ1n) is 11.9. The average Bonchev–Trinajstić information content (AvgIpc) is 3.52. The Morgan fingerprint density at radius 2 is 1.49 bits per heavy atom. The number of likely N-dealkylation sites (N-methyl/N-ethyl adjacent to an activating group) is 1. The van der Waals surface area contributed by atoms with Crippen molar-refractivity contribution in [2.45, 2.75) is 83.7 Å². The van der Waals surface area contributed by atoms with E-state index in [1.807, 2.05) is 0 Å². The number of hydrogen-bond acceptors (Lipinski definition) is 6. The maximum atomic E-state index is 6.79. The Labute approximate surface area is 242 Å². The molecule has 1 fully saturated rings. The summed E-state index contributed by atoms with van der Waals surface area (Å²) in [5, 5.41) is 0. The molecular formula is C28H39BNS5. The first-order chi connectivity index (χ1) is 16.2. The van der Waals surface area contributed by atoms with E-state index in [4.69, 9.17) is 32.7 Å². The standard InChI is InChI=1S/C28H39BNS5/c1-10-20(12-31)28(35)27(34)19(8)24-25(30(24)9)23(29)17(6)14(3)13(2)15(4)21-11-22(32)26(33)18(7)16(21)5/h11,24-25,31-35H,10,12H2,1-9H3/b15-13+,17-14-,27-19-,28-20+. The van der Waals surface area contributed by atoms with E-state index in [9.17, 15) is 0 Å². The fraction of sp³-hybridized carbons (Fsp3) is 0.464. The summed E-state index contributed by atoms with van der Waals surface area (Å²) < 4.78 is 0. The molecule has 1 heterocycles. The molecule has 1 aromatic rings. The first-order valence-corrected chi connectivity index (χ1v) is 14.3. The maximum absolute atomic E-state index is 6.79. The Morgan fingerprint density at radius 1 is 0.914 bits per heavy atom. The second-order valence-corrected chi connectivity index (χ2v) is 11.7. The van der Waals surface area contributed by atoms with Crippen molar-refractivity contribution in [3.8, 4) is 0 Å². The molecule has 1 aromatic carbocycles. The van der Waals surface area contributed by atoms with Gasteiger partial charge in [-0.1, -0.05) is 0 Å². The number of nitrogens with zero attached hydrogens (tertiary/aromatic N) is 1. The van der Waals surface area contributed by atoms with Gasteiger partial charge in [0.25, 0.3) is 0 Å². The molecule has 1 radical (unpaired) electrons. The number of allylic oxidation sites excluding steroid dienone is 3. The van der Waals surface area contributed by atoms with E-state index in [1.54, 1.807) is 0 Å². The molecule has 0 spiro atoms. The minimum atomic E-state index is 0.152. The van der Waals surface area contributed by atoms with Crippen LogP contribution in [0.4, 0.5) is 0 Å². The Hall–Kier alpha value is -0.175. The van der Waals surface area contributed by atoms with Crippen LogP contribution in [0.5, 0.6) is 0 Å². The van der Waals surface area contributed by atoms with Crippen molar-refractivity contribution in [2.75, 3.05) is 12.8 Å². The second-order valence-electron chi connectivity index (χ2n) is 9.55. The van der Waals surface area contributed by atoms with Gasteiger partial charge in [-0.2, -0.15) is 0 Å². The zero-order valence-corrected chi connectivity index (χ0v) is 26.9. The fourth-order valence-electron chi connectivity index (χ4n) is 4.60. The van der Waals surface area contributed by atoms with Gasteiger partial charge >= 0.3 is 243 Å². The van der Waals surface area contributed by atoms with Gasteiger partial charge in [-0.15, -0.1) is 0 Å². The van der Waals surface area contributed by atoms with Gasteiger partial charge in [0.15, 0.2) is 0 Å². The Balaban J connectivity index is 2.43. The number of hydrogen-bond donors (Lipinski definition) is 5. The Morgan fingerprint density at radius 3 is 2.00 bits per heavy atom. The summed E-state index contributed by atoms with van der Waals surface area (Å²) in [5.74, 6) is 0.682. The third-order valence-electron chi connectivity index (χ3n) is 7.77. The van der Waals surface area contributed by atoms with Crippen LogP contribution in [0.3, 0.4) is 0 Å². The van der Waals surface area contributed by atoms with Gasteiger partial charge in [-0.3, -0.25) is 0 Å². The molecule has 0 aromatic heterocycles. The summed E-state index contributed by atoms with van der Waals surface area (Å²) >= 11 is 23.3. The number of rotatable bonds is 8. The molecule has 1 saturated heterocycles. The summed E-state index contributed by atoms with van der Waals surface area (Å²) in [6.45, 7) is 17.1. The third kappa shape index (κ3) is 6.29. The summed E-state index contributed by atoms with van der Waals surface area (Å²) in [5.41, 5.74) is 11.7. The van der Waals surface area contributed by atoms with Crippen LogP contribution in [0.1, 0.15) is 64.7 Å². The zero-order valence-electron chi connectivity index (χ0n) is 22.4. The van der Waals surface area contributed by atoms with Crippen LogP contribution < -0.4 is 0 Å². The van der Waals surface area contributed by atoms with Crippen LogP contribution in [0.2, 0.25) is 0 Å². The number of thiol groups is 5. The molecule has 1 aliphatic rings. The van der Waals surface area contributed by atoms with E-state index in [-0.39, 0.29) is 12.1 Å². The van der Waals surface area contributed by atoms with Crippen molar-refractivity contribution in [3.63, 3.8) is 0 Å². The topological polar surface area (TPSA) is 3.01 Å². The minimum absolute atomic E-state index is 0.152. The molecular weight excluding hydrogens is 521 g/mol. The van der Waals surface area contributed by atoms with Gasteiger partial charge in [-0.25, -0.2) is 0 Å². The molecule has 0 aliphatic carbocycles. The summed E-state index contributed by atoms with van der Waals surface area (Å²) in [6.07, 6.45) is 0.911. The van der Waals surface area contributed by atoms with E-state index in [0.717, 1.165) is 37.1 Å². The molecule has 3 atom stereocenters. The van der Waals surface area contributed by atoms with E-state index < -0.39 is 0 Å². The molecule has 0 N–H and O–H groups in total. The molecule has 7 heteroatoms. The molecule has 0 bridgehead atoms. The van der Waals surface area contributed by atoms with Crippen LogP contribution in [0.15, 0.2) is 53.5 Å². The number of benzene rings is 1. The SMILES string of the molecule is [B]=C(/C(C)=C(C)\C(C)=C(/C)c1cc(S)c(S)c(C)c1C)C1C(/C(C)=C(S)/C(S)=C(/CC)CS)N1C. The van der Waals surface area contributed by atoms with Gasteiger partial charge in [0.2, 0.25) is 0 Å². The van der Waals surface area contributed by atoms with Crippen LogP contribution in [0.25, 0.3) is 5.57 Å². The molecule has 2 rings (SSSR count). The molecule has 1 nitrogen and oxygen atoms in total. The molecule has 0 amide bonds. The molecule has 1 aliphatic heterocycles. The Kier molecular flexibility index (Phi) is 11.2. The fourth-order valence-corrected chi connectivity index (χ4v) is 6.34. The zero-order chi connectivity index (χ0) is 26.9. The van der Waals surface area contributed by atoms with Gasteiger partial charge in [-0.05, 0) is 0 Å². The van der Waals surface area contributed by atoms with E-state index >= 15 is 0 Å². The van der Waals surface area contributed by atoms with Crippen molar-refractivity contribution in [1.82, 2.24) is 4.90 Å².